The zero-order valence-corrected chi connectivity index (χ0v) is 12.3. The number of nitrogens with one attached hydrogen (secondary N) is 3. The van der Waals surface area contributed by atoms with Gasteiger partial charge in [-0.2, -0.15) is 0 Å². The molecule has 0 spiro atoms. The Bertz CT molecular complexity index is 606. The summed E-state index contributed by atoms with van der Waals surface area (Å²) in [6.07, 6.45) is 0.998. The first-order chi connectivity index (χ1) is 8.74. The van der Waals surface area contributed by atoms with Crippen LogP contribution in [0.3, 0.4) is 0 Å². The van der Waals surface area contributed by atoms with Gasteiger partial charge in [-0.05, 0) is 19.2 Å². The van der Waals surface area contributed by atoms with Crippen molar-refractivity contribution in [1.29, 1.82) is 0 Å². The molecule has 3 N–H and O–H groups in total. The molecule has 0 saturated heterocycles. The van der Waals surface area contributed by atoms with Gasteiger partial charge in [0, 0.05) is 13.1 Å². The molecule has 0 bridgehead atoms. The van der Waals surface area contributed by atoms with Crippen molar-refractivity contribution in [2.24, 2.45) is 0 Å². The quantitative estimate of drug-likeness (QED) is 0.521. The lowest BCUT2D eigenvalue weighted by Crippen LogP contribution is -2.34. The maximum atomic E-state index is 11.8. The second-order valence-electron chi connectivity index (χ2n) is 3.82. The first kappa shape index (κ1) is 16.1. The Balaban J connectivity index is 2.55. The van der Waals surface area contributed by atoms with Crippen LogP contribution < -0.4 is 14.8 Å². The highest BCUT2D eigenvalue weighted by Crippen LogP contribution is 2.13. The van der Waals surface area contributed by atoms with E-state index in [-0.39, 0.29) is 18.2 Å². The molecule has 1 heterocycles. The molecule has 1 aromatic rings. The summed E-state index contributed by atoms with van der Waals surface area (Å²) in [5.41, 5.74) is 0. The van der Waals surface area contributed by atoms with Crippen molar-refractivity contribution >= 4 is 20.0 Å². The maximum Gasteiger partial charge on any atom is 0.274 e. The topological polar surface area (TPSA) is 118 Å². The van der Waals surface area contributed by atoms with E-state index in [2.05, 4.69) is 14.8 Å². The van der Waals surface area contributed by atoms with E-state index in [0.29, 0.717) is 12.3 Å². The van der Waals surface area contributed by atoms with Crippen LogP contribution in [0.5, 0.6) is 0 Å². The Kier molecular flexibility index (Phi) is 5.50. The Morgan fingerprint density at radius 1 is 1.11 bits per heavy atom. The Hall–Kier alpha value is -0.940. The first-order valence-electron chi connectivity index (χ1n) is 5.42. The van der Waals surface area contributed by atoms with Crippen LogP contribution in [0, 0.1) is 0 Å². The summed E-state index contributed by atoms with van der Waals surface area (Å²) < 4.78 is 54.7. The SMILES string of the molecule is CNCc1ccc(S(=O)(=O)NCCNS(C)(=O)=O)o1. The lowest BCUT2D eigenvalue weighted by molar-refractivity contribution is 0.404. The zero-order valence-electron chi connectivity index (χ0n) is 10.6. The fourth-order valence-electron chi connectivity index (χ4n) is 1.26. The minimum Gasteiger partial charge on any atom is -0.447 e. The van der Waals surface area contributed by atoms with Crippen molar-refractivity contribution in [2.45, 2.75) is 11.6 Å². The molecule has 0 saturated carbocycles. The molecular weight excluding hydrogens is 294 g/mol. The Morgan fingerprint density at radius 3 is 2.32 bits per heavy atom. The maximum absolute atomic E-state index is 11.8. The number of hydrogen-bond donors (Lipinski definition) is 3. The zero-order chi connectivity index (χ0) is 14.5. The van der Waals surface area contributed by atoms with E-state index in [1.54, 1.807) is 13.1 Å². The van der Waals surface area contributed by atoms with E-state index >= 15 is 0 Å². The molecular formula is C9H17N3O5S2. The molecule has 1 rings (SSSR count). The number of hydrogen-bond acceptors (Lipinski definition) is 6. The van der Waals surface area contributed by atoms with Gasteiger partial charge in [-0.3, -0.25) is 0 Å². The number of rotatable bonds is 8. The second kappa shape index (κ2) is 6.48. The molecule has 10 heteroatoms. The summed E-state index contributed by atoms with van der Waals surface area (Å²) in [4.78, 5) is 0. The van der Waals surface area contributed by atoms with E-state index in [1.807, 2.05) is 0 Å². The average molecular weight is 311 g/mol. The molecule has 0 unspecified atom stereocenters. The molecule has 0 amide bonds. The third-order valence-corrected chi connectivity index (χ3v) is 4.10. The van der Waals surface area contributed by atoms with Gasteiger partial charge < -0.3 is 9.73 Å². The smallest absolute Gasteiger partial charge is 0.274 e. The molecule has 0 aliphatic carbocycles. The van der Waals surface area contributed by atoms with Crippen LogP contribution in [0.25, 0.3) is 0 Å². The van der Waals surface area contributed by atoms with Crippen LogP contribution >= 0.6 is 0 Å². The molecule has 0 aliphatic rings. The van der Waals surface area contributed by atoms with Gasteiger partial charge in [0.15, 0.2) is 0 Å². The fourth-order valence-corrected chi connectivity index (χ4v) is 2.71. The second-order valence-corrected chi connectivity index (χ2v) is 7.35. The van der Waals surface area contributed by atoms with Crippen LogP contribution in [0.2, 0.25) is 0 Å². The van der Waals surface area contributed by atoms with Crippen molar-refractivity contribution < 1.29 is 21.3 Å². The minimum atomic E-state index is -3.75. The first-order valence-corrected chi connectivity index (χ1v) is 8.80. The highest BCUT2D eigenvalue weighted by atomic mass is 32.2. The fraction of sp³-hybridized carbons (Fsp3) is 0.556. The third-order valence-electron chi connectivity index (χ3n) is 2.03. The summed E-state index contributed by atoms with van der Waals surface area (Å²) >= 11 is 0. The van der Waals surface area contributed by atoms with Crippen LogP contribution in [-0.2, 0) is 26.6 Å². The Labute approximate surface area is 112 Å². The molecule has 0 radical (unpaired) electrons. The molecule has 0 aromatic carbocycles. The van der Waals surface area contributed by atoms with Gasteiger partial charge in [0.25, 0.3) is 10.0 Å². The van der Waals surface area contributed by atoms with Crippen molar-refractivity contribution in [1.82, 2.24) is 14.8 Å². The molecule has 0 atom stereocenters. The molecule has 110 valence electrons. The monoisotopic (exact) mass is 311 g/mol. The van der Waals surface area contributed by atoms with Crippen molar-refractivity contribution in [2.75, 3.05) is 26.4 Å². The predicted molar refractivity (Wildman–Crippen MR) is 69.5 cm³/mol. The van der Waals surface area contributed by atoms with Gasteiger partial charge >= 0.3 is 0 Å². The highest BCUT2D eigenvalue weighted by Gasteiger charge is 2.18. The summed E-state index contributed by atoms with van der Waals surface area (Å²) in [6.45, 7) is 0.338. The van der Waals surface area contributed by atoms with Gasteiger partial charge in [0.05, 0.1) is 12.8 Å². The van der Waals surface area contributed by atoms with E-state index in [4.69, 9.17) is 4.42 Å². The van der Waals surface area contributed by atoms with E-state index < -0.39 is 20.0 Å². The molecule has 19 heavy (non-hydrogen) atoms. The summed E-state index contributed by atoms with van der Waals surface area (Å²) in [6, 6.07) is 2.90. The summed E-state index contributed by atoms with van der Waals surface area (Å²) in [5, 5.41) is 2.63. The van der Waals surface area contributed by atoms with E-state index in [0.717, 1.165) is 6.26 Å². The van der Waals surface area contributed by atoms with E-state index in [1.165, 1.54) is 6.07 Å². The number of sulfonamides is 2. The third kappa shape index (κ3) is 5.70. The summed E-state index contributed by atoms with van der Waals surface area (Å²) in [5.74, 6) is 0.497. The van der Waals surface area contributed by atoms with Gasteiger partial charge in [-0.1, -0.05) is 0 Å². The molecule has 1 aromatic heterocycles. The summed E-state index contributed by atoms with van der Waals surface area (Å²) in [7, 11) is -5.37. The van der Waals surface area contributed by atoms with E-state index in [9.17, 15) is 16.8 Å². The van der Waals surface area contributed by atoms with Gasteiger partial charge in [-0.15, -0.1) is 0 Å². The standard InChI is InChI=1S/C9H17N3O5S2/c1-10-7-8-3-4-9(17-8)19(15,16)12-6-5-11-18(2,13)14/h3-4,10-12H,5-7H2,1-2H3. The van der Waals surface area contributed by atoms with Gasteiger partial charge in [0.2, 0.25) is 15.1 Å². The normalized spacial score (nSPS) is 12.7. The van der Waals surface area contributed by atoms with Crippen LogP contribution in [0.15, 0.2) is 21.6 Å². The molecule has 0 aliphatic heterocycles. The Morgan fingerprint density at radius 2 is 1.74 bits per heavy atom. The lowest BCUT2D eigenvalue weighted by Gasteiger charge is -2.04. The lowest BCUT2D eigenvalue weighted by atomic mass is 10.4. The highest BCUT2D eigenvalue weighted by molar-refractivity contribution is 7.89. The minimum absolute atomic E-state index is 0.0257. The average Bonchev–Trinajstić information content (AvgIpc) is 2.73. The van der Waals surface area contributed by atoms with Crippen molar-refractivity contribution in [3.63, 3.8) is 0 Å². The van der Waals surface area contributed by atoms with Crippen molar-refractivity contribution in [3.8, 4) is 0 Å². The number of furan rings is 1. The van der Waals surface area contributed by atoms with Crippen LogP contribution in [0.4, 0.5) is 0 Å². The van der Waals surface area contributed by atoms with Crippen LogP contribution in [0.1, 0.15) is 5.76 Å². The molecule has 0 fully saturated rings. The van der Waals surface area contributed by atoms with Crippen molar-refractivity contribution in [3.05, 3.63) is 17.9 Å². The van der Waals surface area contributed by atoms with Gasteiger partial charge in [-0.25, -0.2) is 26.3 Å². The van der Waals surface area contributed by atoms with Crippen LogP contribution in [-0.4, -0.2) is 43.2 Å². The predicted octanol–water partition coefficient (Wildman–Crippen LogP) is -1.17. The largest absolute Gasteiger partial charge is 0.447 e. The van der Waals surface area contributed by atoms with Gasteiger partial charge in [0.1, 0.15) is 5.76 Å². The molecule has 8 nitrogen and oxygen atoms in total.